The van der Waals surface area contributed by atoms with Crippen LogP contribution in [0.3, 0.4) is 0 Å². The first-order valence-corrected chi connectivity index (χ1v) is 6.24. The zero-order chi connectivity index (χ0) is 13.5. The molecule has 0 aliphatic carbocycles. The molecule has 0 spiro atoms. The summed E-state index contributed by atoms with van der Waals surface area (Å²) in [6.07, 6.45) is 2.80. The van der Waals surface area contributed by atoms with E-state index in [1.807, 2.05) is 6.07 Å². The second-order valence-electron chi connectivity index (χ2n) is 3.86. The van der Waals surface area contributed by atoms with E-state index in [2.05, 4.69) is 0 Å². The number of aryl methyl sites for hydroxylation is 1. The predicted molar refractivity (Wildman–Crippen MR) is 73.1 cm³/mol. The number of unbranched alkanes of at least 4 members (excludes halogenated alkanes) is 1. The Morgan fingerprint density at radius 3 is 2.22 bits per heavy atom. The van der Waals surface area contributed by atoms with Crippen LogP contribution < -0.4 is 19.9 Å². The third kappa shape index (κ3) is 3.21. The summed E-state index contributed by atoms with van der Waals surface area (Å²) < 4.78 is 15.9. The van der Waals surface area contributed by atoms with E-state index in [-0.39, 0.29) is 0 Å². The van der Waals surface area contributed by atoms with E-state index >= 15 is 0 Å². The normalized spacial score (nSPS) is 10.3. The highest BCUT2D eigenvalue weighted by atomic mass is 35.5. The largest absolute Gasteiger partial charge is 0.495 e. The van der Waals surface area contributed by atoms with Crippen LogP contribution in [0.25, 0.3) is 0 Å². The van der Waals surface area contributed by atoms with Crippen molar-refractivity contribution in [1.82, 2.24) is 0 Å². The molecule has 18 heavy (non-hydrogen) atoms. The van der Waals surface area contributed by atoms with Gasteiger partial charge in [-0.2, -0.15) is 0 Å². The second kappa shape index (κ2) is 7.34. The molecule has 1 aromatic rings. The first-order valence-electron chi connectivity index (χ1n) is 5.87. The molecule has 0 saturated carbocycles. The summed E-state index contributed by atoms with van der Waals surface area (Å²) in [6, 6.07) is 1.90. The van der Waals surface area contributed by atoms with Gasteiger partial charge in [0.1, 0.15) is 10.8 Å². The van der Waals surface area contributed by atoms with Crippen molar-refractivity contribution >= 4 is 11.6 Å². The monoisotopic (exact) mass is 273 g/mol. The first kappa shape index (κ1) is 14.9. The Labute approximate surface area is 113 Å². The van der Waals surface area contributed by atoms with Crippen molar-refractivity contribution in [1.29, 1.82) is 0 Å². The van der Waals surface area contributed by atoms with Crippen molar-refractivity contribution in [2.45, 2.75) is 19.3 Å². The highest BCUT2D eigenvalue weighted by Crippen LogP contribution is 2.44. The zero-order valence-corrected chi connectivity index (χ0v) is 11.8. The molecule has 5 heteroatoms. The molecule has 0 radical (unpaired) electrons. The Bertz CT molecular complexity index is 396. The molecule has 4 nitrogen and oxygen atoms in total. The number of methoxy groups -OCH3 is 3. The van der Waals surface area contributed by atoms with Gasteiger partial charge in [-0.15, -0.1) is 0 Å². The molecule has 0 saturated heterocycles. The molecule has 0 atom stereocenters. The van der Waals surface area contributed by atoms with Crippen LogP contribution >= 0.6 is 11.6 Å². The van der Waals surface area contributed by atoms with Crippen molar-refractivity contribution in [3.05, 3.63) is 16.7 Å². The number of rotatable bonds is 7. The molecule has 0 bridgehead atoms. The van der Waals surface area contributed by atoms with Gasteiger partial charge >= 0.3 is 0 Å². The van der Waals surface area contributed by atoms with Crippen LogP contribution in [0.5, 0.6) is 17.2 Å². The number of hydrogen-bond donors (Lipinski definition) is 1. The van der Waals surface area contributed by atoms with E-state index < -0.39 is 0 Å². The van der Waals surface area contributed by atoms with E-state index in [1.165, 1.54) is 0 Å². The third-order valence-corrected chi connectivity index (χ3v) is 3.09. The fourth-order valence-corrected chi connectivity index (χ4v) is 2.22. The number of hydrogen-bond acceptors (Lipinski definition) is 4. The molecule has 0 aromatic heterocycles. The summed E-state index contributed by atoms with van der Waals surface area (Å²) in [5.74, 6) is 1.76. The average molecular weight is 274 g/mol. The smallest absolute Gasteiger partial charge is 0.183 e. The molecule has 1 aromatic carbocycles. The fourth-order valence-electron chi connectivity index (χ4n) is 1.85. The molecule has 0 unspecified atom stereocenters. The lowest BCUT2D eigenvalue weighted by Gasteiger charge is -2.16. The fraction of sp³-hybridized carbons (Fsp3) is 0.538. The summed E-state index contributed by atoms with van der Waals surface area (Å²) in [4.78, 5) is 0. The van der Waals surface area contributed by atoms with Gasteiger partial charge in [-0.3, -0.25) is 0 Å². The number of nitrogens with two attached hydrogens (primary N) is 1. The molecule has 0 aliphatic rings. The third-order valence-electron chi connectivity index (χ3n) is 2.75. The standard InChI is InChI=1S/C13H20ClNO3/c1-16-10-8-9(6-4-5-7-15)12(17-2)11(14)13(10)18-3/h8H,4-7,15H2,1-3H3. The van der Waals surface area contributed by atoms with Gasteiger partial charge < -0.3 is 19.9 Å². The zero-order valence-electron chi connectivity index (χ0n) is 11.1. The van der Waals surface area contributed by atoms with Crippen LogP contribution in [0.4, 0.5) is 0 Å². The highest BCUT2D eigenvalue weighted by molar-refractivity contribution is 6.34. The van der Waals surface area contributed by atoms with Crippen LogP contribution in [0.1, 0.15) is 18.4 Å². The molecule has 0 aliphatic heterocycles. The van der Waals surface area contributed by atoms with Gasteiger partial charge in [-0.25, -0.2) is 0 Å². The Balaban J connectivity index is 3.11. The van der Waals surface area contributed by atoms with Crippen molar-refractivity contribution in [3.63, 3.8) is 0 Å². The van der Waals surface area contributed by atoms with Gasteiger partial charge in [0.15, 0.2) is 11.5 Å². The van der Waals surface area contributed by atoms with Gasteiger partial charge in [0.2, 0.25) is 0 Å². The van der Waals surface area contributed by atoms with E-state index in [4.69, 9.17) is 31.5 Å². The van der Waals surface area contributed by atoms with Crippen LogP contribution in [0, 0.1) is 0 Å². The van der Waals surface area contributed by atoms with Crippen molar-refractivity contribution < 1.29 is 14.2 Å². The van der Waals surface area contributed by atoms with Gasteiger partial charge in [0.05, 0.1) is 21.3 Å². The van der Waals surface area contributed by atoms with E-state index in [0.29, 0.717) is 28.8 Å². The Morgan fingerprint density at radius 2 is 1.72 bits per heavy atom. The molecule has 0 fully saturated rings. The maximum atomic E-state index is 6.26. The molecule has 0 heterocycles. The van der Waals surface area contributed by atoms with E-state index in [1.54, 1.807) is 21.3 Å². The van der Waals surface area contributed by atoms with Crippen molar-refractivity contribution in [2.75, 3.05) is 27.9 Å². The second-order valence-corrected chi connectivity index (χ2v) is 4.24. The Morgan fingerprint density at radius 1 is 1.06 bits per heavy atom. The Hall–Kier alpha value is -1.13. The van der Waals surface area contributed by atoms with Crippen LogP contribution in [-0.2, 0) is 6.42 Å². The van der Waals surface area contributed by atoms with Crippen LogP contribution in [0.15, 0.2) is 6.07 Å². The van der Waals surface area contributed by atoms with Gasteiger partial charge in [-0.1, -0.05) is 11.6 Å². The minimum Gasteiger partial charge on any atom is -0.495 e. The maximum Gasteiger partial charge on any atom is 0.183 e. The summed E-state index contributed by atoms with van der Waals surface area (Å²) in [5.41, 5.74) is 6.50. The summed E-state index contributed by atoms with van der Waals surface area (Å²) in [7, 11) is 4.74. The van der Waals surface area contributed by atoms with Crippen LogP contribution in [-0.4, -0.2) is 27.9 Å². The SMILES string of the molecule is COc1cc(CCCCN)c(OC)c(Cl)c1OC. The van der Waals surface area contributed by atoms with Gasteiger partial charge in [0, 0.05) is 0 Å². The van der Waals surface area contributed by atoms with Gasteiger partial charge in [-0.05, 0) is 37.4 Å². The van der Waals surface area contributed by atoms with Crippen LogP contribution in [0.2, 0.25) is 5.02 Å². The molecule has 0 amide bonds. The summed E-state index contributed by atoms with van der Waals surface area (Å²) in [5, 5.41) is 0.446. The lowest BCUT2D eigenvalue weighted by molar-refractivity contribution is 0.347. The topological polar surface area (TPSA) is 53.7 Å². The molecule has 102 valence electrons. The van der Waals surface area contributed by atoms with Crippen molar-refractivity contribution in [2.24, 2.45) is 5.73 Å². The number of halogens is 1. The average Bonchev–Trinajstić information content (AvgIpc) is 2.38. The molecular formula is C13H20ClNO3. The minimum absolute atomic E-state index is 0.446. The Kier molecular flexibility index (Phi) is 6.09. The van der Waals surface area contributed by atoms with Crippen molar-refractivity contribution in [3.8, 4) is 17.2 Å². The quantitative estimate of drug-likeness (QED) is 0.776. The maximum absolute atomic E-state index is 6.26. The molecule has 1 rings (SSSR count). The highest BCUT2D eigenvalue weighted by Gasteiger charge is 2.18. The molecule has 2 N–H and O–H groups in total. The first-order chi connectivity index (χ1) is 8.69. The molecular weight excluding hydrogens is 254 g/mol. The number of benzene rings is 1. The lowest BCUT2D eigenvalue weighted by Crippen LogP contribution is -2.02. The predicted octanol–water partition coefficient (Wildman–Crippen LogP) is 2.65. The van der Waals surface area contributed by atoms with E-state index in [0.717, 1.165) is 24.8 Å². The summed E-state index contributed by atoms with van der Waals surface area (Å²) in [6.45, 7) is 0.684. The van der Waals surface area contributed by atoms with E-state index in [9.17, 15) is 0 Å². The van der Waals surface area contributed by atoms with Gasteiger partial charge in [0.25, 0.3) is 0 Å². The summed E-state index contributed by atoms with van der Waals surface area (Å²) >= 11 is 6.26. The minimum atomic E-state index is 0.446. The number of ether oxygens (including phenoxy) is 3. The lowest BCUT2D eigenvalue weighted by atomic mass is 10.1.